The normalized spacial score (nSPS) is 11.9. The Hall–Kier alpha value is -1.01. The van der Waals surface area contributed by atoms with Crippen LogP contribution in [0.2, 0.25) is 5.02 Å². The molecule has 0 saturated heterocycles. The monoisotopic (exact) mass is 194 g/mol. The van der Waals surface area contributed by atoms with Crippen LogP contribution in [0.5, 0.6) is 0 Å². The Morgan fingerprint density at radius 1 is 1.54 bits per heavy atom. The molecule has 68 valence electrons. The number of halogens is 1. The van der Waals surface area contributed by atoms with E-state index in [1.807, 2.05) is 12.1 Å². The minimum Gasteiger partial charge on any atom is -0.383 e. The van der Waals surface area contributed by atoms with E-state index in [1.165, 1.54) is 0 Å². The lowest BCUT2D eigenvalue weighted by Crippen LogP contribution is -1.98. The Kier molecular flexibility index (Phi) is 3.32. The number of benzene rings is 1. The average Bonchev–Trinajstić information content (AvgIpc) is 2.16. The Labute approximate surface area is 83.0 Å². The maximum atomic E-state index is 9.75. The molecule has 0 aliphatic carbocycles. The van der Waals surface area contributed by atoms with Crippen LogP contribution >= 0.6 is 11.6 Å². The van der Waals surface area contributed by atoms with Crippen molar-refractivity contribution in [1.82, 2.24) is 0 Å². The lowest BCUT2D eigenvalue weighted by Gasteiger charge is -2.11. The van der Waals surface area contributed by atoms with Crippen LogP contribution in [0.25, 0.3) is 0 Å². The first-order valence-electron chi connectivity index (χ1n) is 3.96. The molecule has 0 heterocycles. The second-order valence-electron chi connectivity index (χ2n) is 2.78. The van der Waals surface area contributed by atoms with Crippen molar-refractivity contribution < 1.29 is 5.11 Å². The quantitative estimate of drug-likeness (QED) is 0.718. The predicted molar refractivity (Wildman–Crippen MR) is 54.7 cm³/mol. The summed E-state index contributed by atoms with van der Waals surface area (Å²) in [4.78, 5) is 0. The van der Waals surface area contributed by atoms with E-state index in [2.05, 4.69) is 12.3 Å². The Morgan fingerprint density at radius 2 is 2.15 bits per heavy atom. The van der Waals surface area contributed by atoms with Crippen molar-refractivity contribution in [3.8, 4) is 0 Å². The molecule has 0 aliphatic heterocycles. The SMILES string of the molecule is C=C=C(C)C(O)c1ccccc1Cl. The van der Waals surface area contributed by atoms with Gasteiger partial charge in [-0.1, -0.05) is 36.4 Å². The lowest BCUT2D eigenvalue weighted by molar-refractivity contribution is 0.216. The highest BCUT2D eigenvalue weighted by Gasteiger charge is 2.11. The van der Waals surface area contributed by atoms with Crippen LogP contribution in [0.4, 0.5) is 0 Å². The molecule has 0 aliphatic rings. The Morgan fingerprint density at radius 3 is 2.69 bits per heavy atom. The fourth-order valence-corrected chi connectivity index (χ4v) is 1.27. The molecule has 1 unspecified atom stereocenters. The maximum absolute atomic E-state index is 9.75. The molecule has 13 heavy (non-hydrogen) atoms. The van der Waals surface area contributed by atoms with Crippen molar-refractivity contribution in [2.75, 3.05) is 0 Å². The molecule has 1 atom stereocenters. The van der Waals surface area contributed by atoms with Crippen molar-refractivity contribution in [3.05, 3.63) is 52.7 Å². The molecule has 0 saturated carbocycles. The fraction of sp³-hybridized carbons (Fsp3) is 0.182. The van der Waals surface area contributed by atoms with Crippen LogP contribution < -0.4 is 0 Å². The summed E-state index contributed by atoms with van der Waals surface area (Å²) in [5, 5.41) is 10.3. The first-order chi connectivity index (χ1) is 6.16. The molecular weight excluding hydrogens is 184 g/mol. The van der Waals surface area contributed by atoms with Gasteiger partial charge >= 0.3 is 0 Å². The third kappa shape index (κ3) is 2.22. The van der Waals surface area contributed by atoms with Gasteiger partial charge in [0.15, 0.2) is 0 Å². The van der Waals surface area contributed by atoms with E-state index in [4.69, 9.17) is 11.6 Å². The number of rotatable bonds is 2. The van der Waals surface area contributed by atoms with Gasteiger partial charge in [-0.25, -0.2) is 0 Å². The summed E-state index contributed by atoms with van der Waals surface area (Å²) >= 11 is 5.90. The van der Waals surface area contributed by atoms with E-state index in [0.717, 1.165) is 0 Å². The highest BCUT2D eigenvalue weighted by molar-refractivity contribution is 6.31. The van der Waals surface area contributed by atoms with E-state index in [9.17, 15) is 5.11 Å². The van der Waals surface area contributed by atoms with E-state index in [1.54, 1.807) is 19.1 Å². The number of hydrogen-bond donors (Lipinski definition) is 1. The van der Waals surface area contributed by atoms with Gasteiger partial charge in [-0.05, 0) is 13.0 Å². The zero-order valence-electron chi connectivity index (χ0n) is 7.42. The smallest absolute Gasteiger partial charge is 0.109 e. The molecule has 2 heteroatoms. The van der Waals surface area contributed by atoms with Gasteiger partial charge < -0.3 is 5.11 Å². The average molecular weight is 195 g/mol. The molecule has 0 amide bonds. The van der Waals surface area contributed by atoms with Gasteiger partial charge in [0, 0.05) is 16.2 Å². The third-order valence-electron chi connectivity index (χ3n) is 1.89. The van der Waals surface area contributed by atoms with Crippen LogP contribution in [0.15, 0.2) is 42.1 Å². The summed E-state index contributed by atoms with van der Waals surface area (Å²) in [7, 11) is 0. The fourth-order valence-electron chi connectivity index (χ4n) is 1.03. The molecule has 0 bridgehead atoms. The van der Waals surface area contributed by atoms with E-state index >= 15 is 0 Å². The summed E-state index contributed by atoms with van der Waals surface area (Å²) in [6.45, 7) is 5.24. The largest absolute Gasteiger partial charge is 0.383 e. The molecule has 0 aromatic heterocycles. The molecule has 0 fully saturated rings. The van der Waals surface area contributed by atoms with Crippen LogP contribution in [0, 0.1) is 0 Å². The van der Waals surface area contributed by atoms with Gasteiger partial charge in [-0.2, -0.15) is 0 Å². The van der Waals surface area contributed by atoms with Gasteiger partial charge in [0.2, 0.25) is 0 Å². The van der Waals surface area contributed by atoms with Gasteiger partial charge in [0.1, 0.15) is 6.10 Å². The van der Waals surface area contributed by atoms with Gasteiger partial charge in [-0.3, -0.25) is 0 Å². The van der Waals surface area contributed by atoms with Gasteiger partial charge in [-0.15, -0.1) is 5.73 Å². The molecule has 1 nitrogen and oxygen atoms in total. The summed E-state index contributed by atoms with van der Waals surface area (Å²) in [5.41, 5.74) is 4.02. The van der Waals surface area contributed by atoms with E-state index < -0.39 is 6.10 Å². The minimum absolute atomic E-state index is 0.560. The predicted octanol–water partition coefficient (Wildman–Crippen LogP) is 3.10. The van der Waals surface area contributed by atoms with Gasteiger partial charge in [0.05, 0.1) is 0 Å². The summed E-state index contributed by atoms with van der Waals surface area (Å²) < 4.78 is 0. The first-order valence-corrected chi connectivity index (χ1v) is 4.33. The highest BCUT2D eigenvalue weighted by atomic mass is 35.5. The van der Waals surface area contributed by atoms with Crippen molar-refractivity contribution in [2.45, 2.75) is 13.0 Å². The third-order valence-corrected chi connectivity index (χ3v) is 2.23. The van der Waals surface area contributed by atoms with E-state index in [-0.39, 0.29) is 0 Å². The summed E-state index contributed by atoms with van der Waals surface area (Å²) in [6, 6.07) is 7.19. The van der Waals surface area contributed by atoms with Crippen molar-refractivity contribution in [1.29, 1.82) is 0 Å². The van der Waals surface area contributed by atoms with Crippen molar-refractivity contribution in [3.63, 3.8) is 0 Å². The number of aliphatic hydroxyl groups excluding tert-OH is 1. The molecule has 0 spiro atoms. The van der Waals surface area contributed by atoms with Crippen LogP contribution in [-0.2, 0) is 0 Å². The van der Waals surface area contributed by atoms with E-state index in [0.29, 0.717) is 16.2 Å². The number of hydrogen-bond acceptors (Lipinski definition) is 1. The molecular formula is C11H11ClO. The van der Waals surface area contributed by atoms with Crippen LogP contribution in [0.1, 0.15) is 18.6 Å². The highest BCUT2D eigenvalue weighted by Crippen LogP contribution is 2.26. The Balaban J connectivity index is 3.09. The summed E-state index contributed by atoms with van der Waals surface area (Å²) in [6.07, 6.45) is -0.703. The Bertz CT molecular complexity index is 351. The standard InChI is InChI=1S/C11H11ClO/c1-3-8(2)11(13)9-6-4-5-7-10(9)12/h4-7,11,13H,1H2,2H3. The number of aliphatic hydroxyl groups is 1. The van der Waals surface area contributed by atoms with Gasteiger partial charge in [0.25, 0.3) is 0 Å². The molecule has 0 radical (unpaired) electrons. The van der Waals surface area contributed by atoms with Crippen molar-refractivity contribution in [2.24, 2.45) is 0 Å². The summed E-state index contributed by atoms with van der Waals surface area (Å²) in [5.74, 6) is 0. The zero-order chi connectivity index (χ0) is 9.84. The van der Waals surface area contributed by atoms with Crippen molar-refractivity contribution >= 4 is 11.6 Å². The molecule has 1 aromatic rings. The minimum atomic E-state index is -0.703. The first kappa shape index (κ1) is 10.1. The maximum Gasteiger partial charge on any atom is 0.109 e. The topological polar surface area (TPSA) is 20.2 Å². The second kappa shape index (κ2) is 4.29. The van der Waals surface area contributed by atoms with Crippen LogP contribution in [0.3, 0.4) is 0 Å². The second-order valence-corrected chi connectivity index (χ2v) is 3.19. The van der Waals surface area contributed by atoms with Crippen LogP contribution in [-0.4, -0.2) is 5.11 Å². The lowest BCUT2D eigenvalue weighted by atomic mass is 10.0. The molecule has 1 rings (SSSR count). The molecule has 1 N–H and O–H groups in total. The molecule has 1 aromatic carbocycles. The zero-order valence-corrected chi connectivity index (χ0v) is 8.17.